The average Bonchev–Trinajstić information content (AvgIpc) is 3.09. The van der Waals surface area contributed by atoms with Crippen LogP contribution < -0.4 is 0 Å². The van der Waals surface area contributed by atoms with Crippen LogP contribution >= 0.6 is 0 Å². The summed E-state index contributed by atoms with van der Waals surface area (Å²) >= 11 is 0. The molecule has 1 atom stereocenters. The number of aliphatic hydroxyl groups is 2. The van der Waals surface area contributed by atoms with Gasteiger partial charge in [0.15, 0.2) is 0 Å². The molecule has 1 aromatic heterocycles. The van der Waals surface area contributed by atoms with Crippen molar-refractivity contribution in [1.82, 2.24) is 19.7 Å². The van der Waals surface area contributed by atoms with E-state index in [2.05, 4.69) is 10.1 Å². The molecular weight excluding hydrogens is 284 g/mol. The van der Waals surface area contributed by atoms with Crippen molar-refractivity contribution < 1.29 is 15.0 Å². The van der Waals surface area contributed by atoms with Gasteiger partial charge in [-0.1, -0.05) is 6.07 Å². The Morgan fingerprint density at radius 3 is 3.00 bits per heavy atom. The second kappa shape index (κ2) is 5.86. The molecule has 2 N–H and O–H groups in total. The average molecular weight is 302 g/mol. The van der Waals surface area contributed by atoms with Gasteiger partial charge in [0.25, 0.3) is 5.91 Å². The van der Waals surface area contributed by atoms with Gasteiger partial charge >= 0.3 is 0 Å². The molecular formula is C15H18N4O3. The quantitative estimate of drug-likeness (QED) is 0.846. The highest BCUT2D eigenvalue weighted by atomic mass is 16.3. The molecule has 116 valence electrons. The number of rotatable bonds is 3. The number of hydrogen-bond acceptors (Lipinski definition) is 5. The number of nitrogens with zero attached hydrogens (tertiary/aromatic N) is 4. The van der Waals surface area contributed by atoms with Crippen molar-refractivity contribution in [3.05, 3.63) is 42.5 Å². The van der Waals surface area contributed by atoms with E-state index in [4.69, 9.17) is 0 Å². The van der Waals surface area contributed by atoms with Crippen LogP contribution in [-0.4, -0.2) is 61.1 Å². The van der Waals surface area contributed by atoms with Crippen molar-refractivity contribution in [3.63, 3.8) is 0 Å². The summed E-state index contributed by atoms with van der Waals surface area (Å²) in [4.78, 5) is 18.1. The van der Waals surface area contributed by atoms with Gasteiger partial charge in [0.1, 0.15) is 18.3 Å². The van der Waals surface area contributed by atoms with Gasteiger partial charge in [-0.15, -0.1) is 0 Å². The van der Waals surface area contributed by atoms with E-state index in [1.807, 2.05) is 6.07 Å². The third-order valence-corrected chi connectivity index (χ3v) is 3.91. The molecule has 0 radical (unpaired) electrons. The van der Waals surface area contributed by atoms with E-state index >= 15 is 0 Å². The fourth-order valence-corrected chi connectivity index (χ4v) is 2.72. The molecule has 1 aliphatic rings. The minimum Gasteiger partial charge on any atom is -0.393 e. The molecule has 0 aliphatic carbocycles. The third kappa shape index (κ3) is 2.86. The Bertz CT molecular complexity index is 659. The molecule has 0 saturated carbocycles. The van der Waals surface area contributed by atoms with E-state index in [9.17, 15) is 15.0 Å². The zero-order valence-corrected chi connectivity index (χ0v) is 12.1. The molecule has 1 saturated heterocycles. The first-order valence-corrected chi connectivity index (χ1v) is 7.19. The summed E-state index contributed by atoms with van der Waals surface area (Å²) < 4.78 is 1.58. The molecule has 0 spiro atoms. The van der Waals surface area contributed by atoms with Gasteiger partial charge in [-0.3, -0.25) is 4.79 Å². The van der Waals surface area contributed by atoms with E-state index in [0.29, 0.717) is 24.9 Å². The zero-order valence-electron chi connectivity index (χ0n) is 12.1. The van der Waals surface area contributed by atoms with Crippen LogP contribution in [0.15, 0.2) is 36.9 Å². The Kier molecular flexibility index (Phi) is 3.91. The predicted octanol–water partition coefficient (Wildman–Crippen LogP) is 0.227. The monoisotopic (exact) mass is 302 g/mol. The highest BCUT2D eigenvalue weighted by Gasteiger charge is 2.34. The number of carbonyl (C=O) groups is 1. The Hall–Kier alpha value is -2.25. The molecule has 1 aliphatic heterocycles. The van der Waals surface area contributed by atoms with Crippen LogP contribution in [0.25, 0.3) is 5.69 Å². The first-order chi connectivity index (χ1) is 10.6. The second-order valence-electron chi connectivity index (χ2n) is 5.60. The van der Waals surface area contributed by atoms with Crippen LogP contribution in [0.5, 0.6) is 0 Å². The number of piperidine rings is 1. The van der Waals surface area contributed by atoms with E-state index in [1.54, 1.807) is 34.1 Å². The normalized spacial score (nSPS) is 21.8. The van der Waals surface area contributed by atoms with Crippen LogP contribution in [-0.2, 0) is 0 Å². The van der Waals surface area contributed by atoms with Gasteiger partial charge in [-0.25, -0.2) is 9.67 Å². The van der Waals surface area contributed by atoms with Crippen molar-refractivity contribution >= 4 is 5.91 Å². The maximum Gasteiger partial charge on any atom is 0.254 e. The standard InChI is InChI=1S/C15H18N4O3/c20-9-15(22)5-2-6-18(8-15)14(21)12-3-1-4-13(7-12)19-11-16-10-17-19/h1,3-4,7,10-11,20,22H,2,5-6,8-9H2. The number of aliphatic hydroxyl groups excluding tert-OH is 1. The maximum atomic E-state index is 12.6. The Labute approximate surface area is 127 Å². The van der Waals surface area contributed by atoms with Gasteiger partial charge in [-0.05, 0) is 31.0 Å². The molecule has 7 heteroatoms. The van der Waals surface area contributed by atoms with Crippen molar-refractivity contribution in [2.75, 3.05) is 19.7 Å². The summed E-state index contributed by atoms with van der Waals surface area (Å²) in [7, 11) is 0. The van der Waals surface area contributed by atoms with E-state index in [-0.39, 0.29) is 19.1 Å². The Morgan fingerprint density at radius 1 is 1.41 bits per heavy atom. The van der Waals surface area contributed by atoms with Crippen LogP contribution in [0.3, 0.4) is 0 Å². The van der Waals surface area contributed by atoms with Gasteiger partial charge < -0.3 is 15.1 Å². The molecule has 22 heavy (non-hydrogen) atoms. The Balaban J connectivity index is 1.82. The van der Waals surface area contributed by atoms with E-state index < -0.39 is 5.60 Å². The fourth-order valence-electron chi connectivity index (χ4n) is 2.72. The molecule has 1 aromatic carbocycles. The topological polar surface area (TPSA) is 91.5 Å². The number of likely N-dealkylation sites (tertiary alicyclic amines) is 1. The maximum absolute atomic E-state index is 12.6. The number of hydrogen-bond donors (Lipinski definition) is 2. The molecule has 1 amide bonds. The first-order valence-electron chi connectivity index (χ1n) is 7.19. The van der Waals surface area contributed by atoms with Gasteiger partial charge in [0.05, 0.1) is 18.8 Å². The summed E-state index contributed by atoms with van der Waals surface area (Å²) in [5.74, 6) is -0.159. The van der Waals surface area contributed by atoms with Crippen molar-refractivity contribution in [1.29, 1.82) is 0 Å². The molecule has 3 rings (SSSR count). The number of carbonyl (C=O) groups excluding carboxylic acids is 1. The molecule has 2 heterocycles. The van der Waals surface area contributed by atoms with Crippen LogP contribution in [0, 0.1) is 0 Å². The summed E-state index contributed by atoms with van der Waals surface area (Å²) in [6.45, 7) is 0.389. The molecule has 0 bridgehead atoms. The third-order valence-electron chi connectivity index (χ3n) is 3.91. The smallest absolute Gasteiger partial charge is 0.254 e. The first kappa shape index (κ1) is 14.7. The number of amides is 1. The lowest BCUT2D eigenvalue weighted by Gasteiger charge is -2.38. The lowest BCUT2D eigenvalue weighted by Crippen LogP contribution is -2.52. The van der Waals surface area contributed by atoms with Crippen molar-refractivity contribution in [3.8, 4) is 5.69 Å². The Morgan fingerprint density at radius 2 is 2.27 bits per heavy atom. The molecule has 1 fully saturated rings. The van der Waals surface area contributed by atoms with Crippen molar-refractivity contribution in [2.45, 2.75) is 18.4 Å². The zero-order chi connectivity index (χ0) is 15.6. The summed E-state index contributed by atoms with van der Waals surface area (Å²) in [6, 6.07) is 7.09. The summed E-state index contributed by atoms with van der Waals surface area (Å²) in [5, 5.41) is 23.5. The highest BCUT2D eigenvalue weighted by molar-refractivity contribution is 5.94. The SMILES string of the molecule is O=C(c1cccc(-n2cncn2)c1)N1CCCC(O)(CO)C1. The van der Waals surface area contributed by atoms with Gasteiger partial charge in [0, 0.05) is 12.1 Å². The van der Waals surface area contributed by atoms with E-state index in [1.165, 1.54) is 6.33 Å². The van der Waals surface area contributed by atoms with Gasteiger partial charge in [-0.2, -0.15) is 5.10 Å². The van der Waals surface area contributed by atoms with Crippen LogP contribution in [0.1, 0.15) is 23.2 Å². The number of aromatic nitrogens is 3. The summed E-state index contributed by atoms with van der Waals surface area (Å²) in [6.07, 6.45) is 4.17. The fraction of sp³-hybridized carbons (Fsp3) is 0.400. The van der Waals surface area contributed by atoms with Gasteiger partial charge in [0.2, 0.25) is 0 Å². The predicted molar refractivity (Wildman–Crippen MR) is 78.5 cm³/mol. The molecule has 2 aromatic rings. The van der Waals surface area contributed by atoms with E-state index in [0.717, 1.165) is 5.69 Å². The molecule has 1 unspecified atom stereocenters. The number of benzene rings is 1. The minimum absolute atomic E-state index is 0.149. The lowest BCUT2D eigenvalue weighted by atomic mass is 9.93. The van der Waals surface area contributed by atoms with Crippen LogP contribution in [0.2, 0.25) is 0 Å². The number of β-amino-alcohol motifs (C(OH)–C–C–N with tert-alkyl or cyclic N) is 1. The summed E-state index contributed by atoms with van der Waals surface area (Å²) in [5.41, 5.74) is 0.0743. The second-order valence-corrected chi connectivity index (χ2v) is 5.60. The van der Waals surface area contributed by atoms with Crippen molar-refractivity contribution in [2.24, 2.45) is 0 Å². The lowest BCUT2D eigenvalue weighted by molar-refractivity contribution is -0.0598. The largest absolute Gasteiger partial charge is 0.393 e. The molecule has 7 nitrogen and oxygen atoms in total. The van der Waals surface area contributed by atoms with Crippen LogP contribution in [0.4, 0.5) is 0 Å². The highest BCUT2D eigenvalue weighted by Crippen LogP contribution is 2.22. The minimum atomic E-state index is -1.20.